The fourth-order valence-corrected chi connectivity index (χ4v) is 3.61. The van der Waals surface area contributed by atoms with Gasteiger partial charge in [-0.25, -0.2) is 13.9 Å². The van der Waals surface area contributed by atoms with E-state index in [4.69, 9.17) is 11.6 Å². The molecule has 3 aromatic heterocycles. The van der Waals surface area contributed by atoms with Gasteiger partial charge in [0.05, 0.1) is 22.1 Å². The van der Waals surface area contributed by atoms with Gasteiger partial charge in [0.15, 0.2) is 17.0 Å². The Kier molecular flexibility index (Phi) is 6.30. The summed E-state index contributed by atoms with van der Waals surface area (Å²) in [5.41, 5.74) is 0.341. The minimum absolute atomic E-state index is 0.0183. The van der Waals surface area contributed by atoms with Gasteiger partial charge in [0.2, 0.25) is 0 Å². The first kappa shape index (κ1) is 23.7. The van der Waals surface area contributed by atoms with Crippen molar-refractivity contribution in [1.82, 2.24) is 29.7 Å². The molecule has 0 saturated carbocycles. The Bertz CT molecular complexity index is 1360. The number of carbonyl (C=O) groups is 1. The van der Waals surface area contributed by atoms with Crippen molar-refractivity contribution >= 4 is 23.2 Å². The van der Waals surface area contributed by atoms with Crippen LogP contribution in [-0.4, -0.2) is 36.8 Å². The summed E-state index contributed by atoms with van der Waals surface area (Å²) in [7, 11) is 0. The molecule has 34 heavy (non-hydrogen) atoms. The van der Waals surface area contributed by atoms with E-state index in [2.05, 4.69) is 20.5 Å². The molecule has 0 aliphatic carbocycles. The van der Waals surface area contributed by atoms with Crippen molar-refractivity contribution in [3.63, 3.8) is 0 Å². The molecule has 1 aromatic carbocycles. The molecule has 178 valence electrons. The average Bonchev–Trinajstić information content (AvgIpc) is 3.32. The van der Waals surface area contributed by atoms with Crippen LogP contribution in [-0.2, 0) is 12.7 Å². The number of rotatable bonds is 6. The van der Waals surface area contributed by atoms with Crippen molar-refractivity contribution in [1.29, 1.82) is 0 Å². The molecule has 0 fully saturated rings. The Hall–Kier alpha value is -3.47. The number of halogens is 5. The Morgan fingerprint density at radius 3 is 2.44 bits per heavy atom. The molecule has 0 atom stereocenters. The number of amides is 1. The zero-order valence-electron chi connectivity index (χ0n) is 18.1. The number of hydrogen-bond acceptors (Lipinski definition) is 4. The Morgan fingerprint density at radius 2 is 1.82 bits per heavy atom. The van der Waals surface area contributed by atoms with Gasteiger partial charge in [0.25, 0.3) is 5.91 Å². The lowest BCUT2D eigenvalue weighted by Gasteiger charge is -2.11. The minimum Gasteiger partial charge on any atom is -0.351 e. The van der Waals surface area contributed by atoms with Crippen molar-refractivity contribution in [2.24, 2.45) is 0 Å². The van der Waals surface area contributed by atoms with E-state index in [-0.39, 0.29) is 23.6 Å². The first-order valence-electron chi connectivity index (χ1n) is 10.3. The fraction of sp³-hybridized carbons (Fsp3) is 0.273. The van der Waals surface area contributed by atoms with Gasteiger partial charge in [-0.05, 0) is 50.6 Å². The van der Waals surface area contributed by atoms with Gasteiger partial charge in [-0.15, -0.1) is 0 Å². The van der Waals surface area contributed by atoms with Crippen LogP contribution in [0.25, 0.3) is 16.9 Å². The summed E-state index contributed by atoms with van der Waals surface area (Å²) < 4.78 is 56.6. The van der Waals surface area contributed by atoms with Crippen molar-refractivity contribution in [3.8, 4) is 11.3 Å². The van der Waals surface area contributed by atoms with Crippen LogP contribution in [0.4, 0.5) is 17.6 Å². The lowest BCUT2D eigenvalue weighted by molar-refractivity contribution is -0.142. The van der Waals surface area contributed by atoms with E-state index >= 15 is 0 Å². The van der Waals surface area contributed by atoms with Crippen molar-refractivity contribution in [2.45, 2.75) is 33.0 Å². The molecule has 1 amide bonds. The monoisotopic (exact) mass is 494 g/mol. The molecule has 0 spiro atoms. The Morgan fingerprint density at radius 1 is 1.12 bits per heavy atom. The Balaban J connectivity index is 1.54. The van der Waals surface area contributed by atoms with Crippen LogP contribution in [0, 0.1) is 19.7 Å². The maximum Gasteiger partial charge on any atom is 0.433 e. The molecule has 4 rings (SSSR count). The average molecular weight is 495 g/mol. The molecule has 0 saturated heterocycles. The van der Waals surface area contributed by atoms with Gasteiger partial charge in [0.1, 0.15) is 5.82 Å². The van der Waals surface area contributed by atoms with Crippen LogP contribution < -0.4 is 5.32 Å². The van der Waals surface area contributed by atoms with Crippen molar-refractivity contribution in [2.75, 3.05) is 6.54 Å². The molecule has 0 aliphatic heterocycles. The summed E-state index contributed by atoms with van der Waals surface area (Å²) in [6, 6.07) is 6.91. The van der Waals surface area contributed by atoms with Gasteiger partial charge in [0, 0.05) is 24.7 Å². The molecule has 0 unspecified atom stereocenters. The van der Waals surface area contributed by atoms with E-state index in [9.17, 15) is 22.4 Å². The van der Waals surface area contributed by atoms with E-state index in [1.165, 1.54) is 18.2 Å². The lowest BCUT2D eigenvalue weighted by atomic mass is 10.1. The smallest absolute Gasteiger partial charge is 0.351 e. The van der Waals surface area contributed by atoms with Crippen LogP contribution in [0.2, 0.25) is 5.02 Å². The second kappa shape index (κ2) is 9.05. The van der Waals surface area contributed by atoms with Gasteiger partial charge in [-0.3, -0.25) is 9.48 Å². The summed E-state index contributed by atoms with van der Waals surface area (Å²) >= 11 is 6.12. The van der Waals surface area contributed by atoms with E-state index in [0.29, 0.717) is 33.8 Å². The standard InChI is InChI=1S/C22H19ClF4N6O/c1-12-20(23)13(2)32(30-12)9-3-8-28-21(34)17-11-19-29-16(14-4-6-15(24)7-5-14)10-18(22(25,26)27)33(19)31-17/h4-7,10-11H,3,8-9H2,1-2H3,(H,28,34). The highest BCUT2D eigenvalue weighted by Gasteiger charge is 2.35. The van der Waals surface area contributed by atoms with Crippen molar-refractivity contribution in [3.05, 3.63) is 70.0 Å². The molecule has 0 aliphatic rings. The fourth-order valence-electron chi connectivity index (χ4n) is 3.47. The number of aryl methyl sites for hydroxylation is 2. The largest absolute Gasteiger partial charge is 0.433 e. The zero-order chi connectivity index (χ0) is 24.6. The Labute approximate surface area is 196 Å². The van der Waals surface area contributed by atoms with Crippen LogP contribution >= 0.6 is 11.6 Å². The molecular formula is C22H19ClF4N6O. The number of fused-ring (bicyclic) bond motifs is 1. The van der Waals surface area contributed by atoms with Crippen LogP contribution in [0.3, 0.4) is 0 Å². The summed E-state index contributed by atoms with van der Waals surface area (Å²) in [6.45, 7) is 4.39. The quantitative estimate of drug-likeness (QED) is 0.307. The molecule has 4 aromatic rings. The van der Waals surface area contributed by atoms with Gasteiger partial charge in [-0.1, -0.05) is 11.6 Å². The number of nitrogens with zero attached hydrogens (tertiary/aromatic N) is 5. The van der Waals surface area contributed by atoms with E-state index < -0.39 is 23.6 Å². The number of hydrogen-bond donors (Lipinski definition) is 1. The summed E-state index contributed by atoms with van der Waals surface area (Å²) in [5, 5.41) is 11.4. The topological polar surface area (TPSA) is 77.1 Å². The molecule has 0 bridgehead atoms. The number of alkyl halides is 3. The van der Waals surface area contributed by atoms with E-state index in [1.807, 2.05) is 6.92 Å². The molecule has 0 radical (unpaired) electrons. The third-order valence-corrected chi connectivity index (χ3v) is 5.76. The van der Waals surface area contributed by atoms with Gasteiger partial charge in [-0.2, -0.15) is 23.4 Å². The van der Waals surface area contributed by atoms with E-state index in [0.717, 1.165) is 23.9 Å². The SMILES string of the molecule is Cc1nn(CCCNC(=O)c2cc3nc(-c4ccc(F)cc4)cc(C(F)(F)F)n3n2)c(C)c1Cl. The number of aromatic nitrogens is 5. The van der Waals surface area contributed by atoms with Crippen LogP contribution in [0.1, 0.15) is 34.0 Å². The number of nitrogens with one attached hydrogen (secondary N) is 1. The van der Waals surface area contributed by atoms with E-state index in [1.54, 1.807) is 11.6 Å². The van der Waals surface area contributed by atoms with Crippen LogP contribution in [0.15, 0.2) is 36.4 Å². The third kappa shape index (κ3) is 4.74. The molecule has 1 N–H and O–H groups in total. The lowest BCUT2D eigenvalue weighted by Crippen LogP contribution is -2.26. The maximum absolute atomic E-state index is 13.7. The van der Waals surface area contributed by atoms with Crippen LogP contribution in [0.5, 0.6) is 0 Å². The summed E-state index contributed by atoms with van der Waals surface area (Å²) in [6.07, 6.45) is -4.23. The maximum atomic E-state index is 13.7. The third-order valence-electron chi connectivity index (χ3n) is 5.22. The molecule has 7 nitrogen and oxygen atoms in total. The minimum atomic E-state index is -4.75. The second-order valence-electron chi connectivity index (χ2n) is 7.65. The normalized spacial score (nSPS) is 11.9. The number of carbonyl (C=O) groups excluding carboxylic acids is 1. The summed E-state index contributed by atoms with van der Waals surface area (Å²) in [4.78, 5) is 16.7. The second-order valence-corrected chi connectivity index (χ2v) is 8.03. The first-order chi connectivity index (χ1) is 16.0. The van der Waals surface area contributed by atoms with Crippen molar-refractivity contribution < 1.29 is 22.4 Å². The predicted octanol–water partition coefficient (Wildman–Crippen LogP) is 4.84. The summed E-state index contributed by atoms with van der Waals surface area (Å²) in [5.74, 6) is -1.15. The molecule has 12 heteroatoms. The highest BCUT2D eigenvalue weighted by atomic mass is 35.5. The molecule has 3 heterocycles. The number of benzene rings is 1. The van der Waals surface area contributed by atoms with Gasteiger partial charge >= 0.3 is 6.18 Å². The first-order valence-corrected chi connectivity index (χ1v) is 10.6. The molecular weight excluding hydrogens is 476 g/mol. The zero-order valence-corrected chi connectivity index (χ0v) is 18.9. The highest BCUT2D eigenvalue weighted by molar-refractivity contribution is 6.31. The van der Waals surface area contributed by atoms with Gasteiger partial charge < -0.3 is 5.32 Å². The highest BCUT2D eigenvalue weighted by Crippen LogP contribution is 2.32. The predicted molar refractivity (Wildman–Crippen MR) is 117 cm³/mol.